The Balaban J connectivity index is 1.76. The highest BCUT2D eigenvalue weighted by Crippen LogP contribution is 2.52. The molecule has 3 rings (SSSR count). The molecule has 0 saturated carbocycles. The van der Waals surface area contributed by atoms with E-state index in [0.29, 0.717) is 35.4 Å². The Kier molecular flexibility index (Phi) is 9.39. The molecule has 2 aromatic rings. The van der Waals surface area contributed by atoms with Gasteiger partial charge in [-0.1, -0.05) is 41.5 Å². The number of nitrogens with zero attached hydrogens (tertiary/aromatic N) is 1. The van der Waals surface area contributed by atoms with Crippen molar-refractivity contribution in [1.82, 2.24) is 9.55 Å². The number of fused-ring (bicyclic) bond motifs is 1. The van der Waals surface area contributed by atoms with Crippen molar-refractivity contribution in [3.05, 3.63) is 55.5 Å². The molecule has 0 fully saturated rings. The summed E-state index contributed by atoms with van der Waals surface area (Å²) in [6.45, 7) is 15.4. The molecule has 2 unspecified atom stereocenters. The van der Waals surface area contributed by atoms with Gasteiger partial charge in [-0.2, -0.15) is 0 Å². The van der Waals surface area contributed by atoms with E-state index in [-0.39, 0.29) is 34.8 Å². The maximum Gasteiger partial charge on any atom is 0.496 e. The van der Waals surface area contributed by atoms with E-state index in [1.807, 2.05) is 47.6 Å². The largest absolute Gasteiger partial charge is 0.496 e. The van der Waals surface area contributed by atoms with Crippen molar-refractivity contribution >= 4 is 28.0 Å². The molecule has 7 nitrogen and oxygen atoms in total. The summed E-state index contributed by atoms with van der Waals surface area (Å²) in [6, 6.07) is 1.87. The van der Waals surface area contributed by atoms with Gasteiger partial charge in [0, 0.05) is 23.9 Å². The van der Waals surface area contributed by atoms with Crippen LogP contribution >= 0.6 is 20.8 Å². The van der Waals surface area contributed by atoms with E-state index in [2.05, 4.69) is 4.98 Å². The Hall–Kier alpha value is -1.65. The summed E-state index contributed by atoms with van der Waals surface area (Å²) in [5.74, 6) is 0.118. The molecular weight excluding hydrogens is 520 g/mol. The third-order valence-electron chi connectivity index (χ3n) is 6.03. The van der Waals surface area contributed by atoms with Crippen LogP contribution in [-0.2, 0) is 37.7 Å². The lowest BCUT2D eigenvalue weighted by molar-refractivity contribution is 0.0871. The average molecular weight is 556 g/mol. The van der Waals surface area contributed by atoms with Gasteiger partial charge in [0.2, 0.25) is 0 Å². The second-order valence-electron chi connectivity index (χ2n) is 11.3. The van der Waals surface area contributed by atoms with Crippen molar-refractivity contribution in [1.29, 1.82) is 0 Å². The SMILES string of the molecule is CB(F)OC(CCn1cc(C)c(=O)[nH]c1=S)COP1OCc2c(F)c(C(C)(C)C)cc(C(C)(C)C)c2O1. The molecule has 0 bridgehead atoms. The lowest BCUT2D eigenvalue weighted by Crippen LogP contribution is -2.27. The molecule has 1 aromatic carbocycles. The Morgan fingerprint density at radius 1 is 1.24 bits per heavy atom. The van der Waals surface area contributed by atoms with Crippen molar-refractivity contribution < 1.29 is 26.9 Å². The van der Waals surface area contributed by atoms with E-state index in [9.17, 15) is 9.11 Å². The highest BCUT2D eigenvalue weighted by Gasteiger charge is 2.36. The van der Waals surface area contributed by atoms with Crippen LogP contribution in [0.25, 0.3) is 0 Å². The van der Waals surface area contributed by atoms with Gasteiger partial charge in [0.25, 0.3) is 5.56 Å². The van der Waals surface area contributed by atoms with Gasteiger partial charge >= 0.3 is 15.8 Å². The van der Waals surface area contributed by atoms with Gasteiger partial charge in [0.15, 0.2) is 4.77 Å². The molecule has 0 aliphatic carbocycles. The van der Waals surface area contributed by atoms with Gasteiger partial charge in [-0.3, -0.25) is 23.1 Å². The molecule has 0 spiro atoms. The smallest absolute Gasteiger partial charge is 0.426 e. The van der Waals surface area contributed by atoms with Crippen molar-refractivity contribution in [2.24, 2.45) is 0 Å². The Bertz CT molecular complexity index is 1240. The molecular formula is C25H36BF2N2O5PS. The molecule has 0 amide bonds. The molecule has 1 N–H and O–H groups in total. The lowest BCUT2D eigenvalue weighted by atomic mass is 9.78. The molecule has 37 heavy (non-hydrogen) atoms. The average Bonchev–Trinajstić information content (AvgIpc) is 2.76. The number of aromatic nitrogens is 2. The number of H-pyrrole nitrogens is 1. The van der Waals surface area contributed by atoms with Crippen LogP contribution in [0.5, 0.6) is 5.75 Å². The van der Waals surface area contributed by atoms with E-state index in [4.69, 9.17) is 30.4 Å². The summed E-state index contributed by atoms with van der Waals surface area (Å²) in [4.78, 5) is 14.3. The summed E-state index contributed by atoms with van der Waals surface area (Å²) in [5, 5.41) is 0. The summed E-state index contributed by atoms with van der Waals surface area (Å²) in [7, 11) is -3.37. The molecule has 1 aliphatic rings. The lowest BCUT2D eigenvalue weighted by Gasteiger charge is -2.33. The standard InChI is InChI=1S/C25H36BF2N2O5PS/c1-15-12-30(23(37)29-22(15)31)10-9-16(34-26(8)28)13-32-36-33-14-17-20(27)18(24(2,3)4)11-19(21(17)35-36)25(5,6)7/h11-12,16H,9-10,13-14H2,1-8H3,(H,29,31,37). The molecule has 1 aromatic heterocycles. The van der Waals surface area contributed by atoms with Gasteiger partial charge in [0.05, 0.1) is 24.9 Å². The van der Waals surface area contributed by atoms with Crippen LogP contribution in [0.3, 0.4) is 0 Å². The van der Waals surface area contributed by atoms with E-state index in [1.165, 1.54) is 6.82 Å². The second kappa shape index (κ2) is 11.6. The van der Waals surface area contributed by atoms with Crippen LogP contribution in [0.2, 0.25) is 6.82 Å². The first-order valence-corrected chi connectivity index (χ1v) is 13.8. The van der Waals surface area contributed by atoms with Crippen LogP contribution in [0.1, 0.15) is 70.2 Å². The molecule has 0 radical (unpaired) electrons. The molecule has 2 atom stereocenters. The Morgan fingerprint density at radius 2 is 1.89 bits per heavy atom. The maximum atomic E-state index is 15.5. The van der Waals surface area contributed by atoms with Crippen molar-refractivity contribution in [2.75, 3.05) is 6.61 Å². The van der Waals surface area contributed by atoms with Crippen LogP contribution in [0.15, 0.2) is 17.1 Å². The molecule has 12 heteroatoms. The minimum absolute atomic E-state index is 0.00162. The zero-order valence-electron chi connectivity index (χ0n) is 22.7. The van der Waals surface area contributed by atoms with E-state index >= 15 is 4.39 Å². The van der Waals surface area contributed by atoms with Gasteiger partial charge in [-0.15, -0.1) is 0 Å². The first-order chi connectivity index (χ1) is 17.1. The minimum atomic E-state index is -1.85. The fourth-order valence-corrected chi connectivity index (χ4v) is 5.28. The van der Waals surface area contributed by atoms with E-state index in [1.54, 1.807) is 17.7 Å². The first-order valence-electron chi connectivity index (χ1n) is 12.3. The topological polar surface area (TPSA) is 74.7 Å². The fourth-order valence-electron chi connectivity index (χ4n) is 3.98. The first kappa shape index (κ1) is 29.9. The highest BCUT2D eigenvalue weighted by molar-refractivity contribution is 7.71. The predicted octanol–water partition coefficient (Wildman–Crippen LogP) is 6.66. The summed E-state index contributed by atoms with van der Waals surface area (Å²) in [5.41, 5.74) is 1.44. The number of aromatic amines is 1. The number of benzene rings is 1. The van der Waals surface area contributed by atoms with Gasteiger partial charge in [0.1, 0.15) is 11.6 Å². The number of rotatable bonds is 8. The summed E-state index contributed by atoms with van der Waals surface area (Å²) >= 11 is 5.22. The maximum absolute atomic E-state index is 15.5. The van der Waals surface area contributed by atoms with E-state index in [0.717, 1.165) is 5.56 Å². The highest BCUT2D eigenvalue weighted by atomic mass is 32.1. The monoisotopic (exact) mass is 556 g/mol. The zero-order chi connectivity index (χ0) is 27.7. The van der Waals surface area contributed by atoms with Crippen LogP contribution in [0.4, 0.5) is 8.71 Å². The molecule has 0 saturated heterocycles. The van der Waals surface area contributed by atoms with Crippen LogP contribution in [-0.4, -0.2) is 29.5 Å². The molecule has 2 heterocycles. The third-order valence-corrected chi connectivity index (χ3v) is 7.40. The minimum Gasteiger partial charge on any atom is -0.426 e. The van der Waals surface area contributed by atoms with Crippen molar-refractivity contribution in [3.8, 4) is 5.75 Å². The van der Waals surface area contributed by atoms with Gasteiger partial charge in [-0.05, 0) is 54.8 Å². The zero-order valence-corrected chi connectivity index (χ0v) is 24.4. The predicted molar refractivity (Wildman–Crippen MR) is 145 cm³/mol. The normalized spacial score (nSPS) is 16.8. The van der Waals surface area contributed by atoms with E-state index < -0.39 is 27.3 Å². The fraction of sp³-hybridized carbons (Fsp3) is 0.600. The third kappa shape index (κ3) is 7.48. The Labute approximate surface area is 224 Å². The number of halogens is 2. The Morgan fingerprint density at radius 3 is 2.49 bits per heavy atom. The van der Waals surface area contributed by atoms with Crippen molar-refractivity contribution in [3.63, 3.8) is 0 Å². The second-order valence-corrected chi connectivity index (χ2v) is 12.9. The van der Waals surface area contributed by atoms with Crippen LogP contribution < -0.4 is 10.1 Å². The number of hydrogen-bond acceptors (Lipinski definition) is 6. The summed E-state index contributed by atoms with van der Waals surface area (Å²) < 4.78 is 54.3. The number of nitrogens with one attached hydrogen (secondary N) is 1. The number of hydrogen-bond donors (Lipinski definition) is 1. The van der Waals surface area contributed by atoms with Crippen LogP contribution in [0, 0.1) is 17.5 Å². The van der Waals surface area contributed by atoms with Gasteiger partial charge < -0.3 is 13.7 Å². The molecule has 1 aliphatic heterocycles. The quantitative estimate of drug-likeness (QED) is 0.223. The van der Waals surface area contributed by atoms with Gasteiger partial charge in [-0.25, -0.2) is 4.39 Å². The summed E-state index contributed by atoms with van der Waals surface area (Å²) in [6.07, 6.45) is 1.39. The molecule has 204 valence electrons. The van der Waals surface area contributed by atoms with Crippen molar-refractivity contribution in [2.45, 2.75) is 91.8 Å². The number of aryl methyl sites for hydroxylation is 2.